The summed E-state index contributed by atoms with van der Waals surface area (Å²) in [6.07, 6.45) is 1.58. The zero-order chi connectivity index (χ0) is 17.0. The summed E-state index contributed by atoms with van der Waals surface area (Å²) in [7, 11) is 0. The fraction of sp³-hybridized carbons (Fsp3) is 0.429. The van der Waals surface area contributed by atoms with Crippen LogP contribution in [0.4, 0.5) is 10.6 Å². The normalized spacial score (nSPS) is 15.9. The van der Waals surface area contributed by atoms with E-state index in [9.17, 15) is 14.4 Å². The monoisotopic (exact) mass is 321 g/mol. The van der Waals surface area contributed by atoms with E-state index in [4.69, 9.17) is 10.8 Å². The molecule has 9 nitrogen and oxygen atoms in total. The van der Waals surface area contributed by atoms with Crippen LogP contribution in [0.1, 0.15) is 17.3 Å². The summed E-state index contributed by atoms with van der Waals surface area (Å²) in [6, 6.07) is 1.88. The maximum atomic E-state index is 12.0. The molecule has 1 atom stereocenters. The van der Waals surface area contributed by atoms with Gasteiger partial charge in [-0.1, -0.05) is 0 Å². The molecular weight excluding hydrogens is 302 g/mol. The maximum Gasteiger partial charge on any atom is 0.325 e. The third-order valence-corrected chi connectivity index (χ3v) is 3.63. The van der Waals surface area contributed by atoms with E-state index in [0.717, 1.165) is 0 Å². The summed E-state index contributed by atoms with van der Waals surface area (Å²) in [5.74, 6) is -1.14. The van der Waals surface area contributed by atoms with Crippen LogP contribution in [0.25, 0.3) is 0 Å². The number of rotatable bonds is 4. The highest BCUT2D eigenvalue weighted by molar-refractivity contribution is 5.97. The lowest BCUT2D eigenvalue weighted by Gasteiger charge is -2.36. The summed E-state index contributed by atoms with van der Waals surface area (Å²) in [6.45, 7) is 3.15. The lowest BCUT2D eigenvalue weighted by atomic mass is 10.2. The molecule has 3 amide bonds. The first kappa shape index (κ1) is 16.5. The molecule has 124 valence electrons. The summed E-state index contributed by atoms with van der Waals surface area (Å²) in [4.78, 5) is 41.8. The molecule has 1 fully saturated rings. The molecule has 2 heterocycles. The third kappa shape index (κ3) is 3.87. The first-order chi connectivity index (χ1) is 10.9. The molecule has 1 aromatic heterocycles. The number of pyridine rings is 1. The first-order valence-corrected chi connectivity index (χ1v) is 7.18. The van der Waals surface area contributed by atoms with Crippen molar-refractivity contribution in [3.05, 3.63) is 23.9 Å². The van der Waals surface area contributed by atoms with Crippen LogP contribution in [0, 0.1) is 0 Å². The average molecular weight is 321 g/mol. The molecule has 1 unspecified atom stereocenters. The number of aromatic nitrogens is 1. The Balaban J connectivity index is 1.98. The Kier molecular flexibility index (Phi) is 4.99. The van der Waals surface area contributed by atoms with Crippen LogP contribution in [0.15, 0.2) is 18.3 Å². The van der Waals surface area contributed by atoms with Crippen LogP contribution in [0.3, 0.4) is 0 Å². The average Bonchev–Trinajstić information content (AvgIpc) is 2.54. The molecule has 1 aliphatic rings. The smallest absolute Gasteiger partial charge is 0.325 e. The number of nitrogens with one attached hydrogen (secondary N) is 1. The minimum Gasteiger partial charge on any atom is -0.480 e. The zero-order valence-corrected chi connectivity index (χ0v) is 12.7. The Morgan fingerprint density at radius 3 is 2.52 bits per heavy atom. The van der Waals surface area contributed by atoms with E-state index in [0.29, 0.717) is 37.6 Å². The molecule has 1 aliphatic heterocycles. The molecule has 2 rings (SSSR count). The van der Waals surface area contributed by atoms with Gasteiger partial charge < -0.3 is 26.0 Å². The topological polar surface area (TPSA) is 129 Å². The number of nitrogens with zero attached hydrogens (tertiary/aromatic N) is 3. The Labute approximate surface area is 133 Å². The minimum absolute atomic E-state index is 0.338. The Morgan fingerprint density at radius 1 is 1.30 bits per heavy atom. The second-order valence-electron chi connectivity index (χ2n) is 5.22. The predicted molar refractivity (Wildman–Crippen MR) is 82.2 cm³/mol. The third-order valence-electron chi connectivity index (χ3n) is 3.63. The van der Waals surface area contributed by atoms with Crippen molar-refractivity contribution in [2.24, 2.45) is 5.73 Å². The zero-order valence-electron chi connectivity index (χ0n) is 12.7. The molecule has 1 aromatic rings. The van der Waals surface area contributed by atoms with E-state index in [-0.39, 0.29) is 0 Å². The van der Waals surface area contributed by atoms with Crippen molar-refractivity contribution in [3.63, 3.8) is 0 Å². The van der Waals surface area contributed by atoms with Crippen molar-refractivity contribution in [2.45, 2.75) is 13.0 Å². The lowest BCUT2D eigenvalue weighted by molar-refractivity contribution is -0.138. The van der Waals surface area contributed by atoms with E-state index in [1.807, 2.05) is 4.90 Å². The van der Waals surface area contributed by atoms with E-state index in [1.54, 1.807) is 18.3 Å². The van der Waals surface area contributed by atoms with E-state index >= 15 is 0 Å². The van der Waals surface area contributed by atoms with Crippen LogP contribution < -0.4 is 16.0 Å². The number of primary amides is 1. The van der Waals surface area contributed by atoms with Gasteiger partial charge in [0.1, 0.15) is 11.9 Å². The van der Waals surface area contributed by atoms with Crippen molar-refractivity contribution in [1.82, 2.24) is 15.2 Å². The Bertz CT molecular complexity index is 613. The molecule has 9 heteroatoms. The fourth-order valence-electron chi connectivity index (χ4n) is 2.30. The molecular formula is C14H19N5O4. The number of piperazine rings is 1. The highest BCUT2D eigenvalue weighted by Crippen LogP contribution is 2.18. The summed E-state index contributed by atoms with van der Waals surface area (Å²) in [5, 5.41) is 11.2. The van der Waals surface area contributed by atoms with Gasteiger partial charge in [0.05, 0.1) is 5.56 Å². The molecule has 0 aromatic carbocycles. The summed E-state index contributed by atoms with van der Waals surface area (Å²) in [5.41, 5.74) is 5.68. The van der Waals surface area contributed by atoms with Crippen molar-refractivity contribution in [1.29, 1.82) is 0 Å². The first-order valence-electron chi connectivity index (χ1n) is 7.18. The standard InChI is InChI=1S/C14H19N5O4/c1-9(13(21)22)17-14(23)19-7-5-18(6-8-19)12-10(11(15)20)3-2-4-16-12/h2-4,9H,5-8H2,1H3,(H2,15,20)(H,17,23)(H,21,22). The second kappa shape index (κ2) is 6.95. The maximum absolute atomic E-state index is 12.0. The number of carbonyl (C=O) groups is 3. The molecule has 23 heavy (non-hydrogen) atoms. The van der Waals surface area contributed by atoms with Gasteiger partial charge in [-0.15, -0.1) is 0 Å². The molecule has 0 aliphatic carbocycles. The van der Waals surface area contributed by atoms with Crippen molar-refractivity contribution >= 4 is 23.7 Å². The van der Waals surface area contributed by atoms with Gasteiger partial charge in [0.15, 0.2) is 0 Å². The Hall–Kier alpha value is -2.84. The summed E-state index contributed by atoms with van der Waals surface area (Å²) < 4.78 is 0. The van der Waals surface area contributed by atoms with E-state index in [2.05, 4.69) is 10.3 Å². The van der Waals surface area contributed by atoms with Crippen LogP contribution in [-0.2, 0) is 4.79 Å². The van der Waals surface area contributed by atoms with Crippen LogP contribution in [-0.4, -0.2) is 65.1 Å². The Morgan fingerprint density at radius 2 is 1.96 bits per heavy atom. The van der Waals surface area contributed by atoms with Gasteiger partial charge in [-0.25, -0.2) is 9.78 Å². The highest BCUT2D eigenvalue weighted by Gasteiger charge is 2.25. The van der Waals surface area contributed by atoms with Gasteiger partial charge in [0, 0.05) is 32.4 Å². The van der Waals surface area contributed by atoms with Crippen LogP contribution in [0.5, 0.6) is 0 Å². The van der Waals surface area contributed by atoms with Crippen molar-refractivity contribution in [3.8, 4) is 0 Å². The molecule has 4 N–H and O–H groups in total. The largest absolute Gasteiger partial charge is 0.480 e. The predicted octanol–water partition coefficient (Wildman–Crippen LogP) is -0.515. The number of aliphatic carboxylic acids is 1. The molecule has 1 saturated heterocycles. The van der Waals surface area contributed by atoms with Gasteiger partial charge >= 0.3 is 12.0 Å². The number of carbonyl (C=O) groups excluding carboxylic acids is 2. The van der Waals surface area contributed by atoms with Crippen molar-refractivity contribution < 1.29 is 19.5 Å². The fourth-order valence-corrected chi connectivity index (χ4v) is 2.30. The summed E-state index contributed by atoms with van der Waals surface area (Å²) >= 11 is 0. The lowest BCUT2D eigenvalue weighted by Crippen LogP contribution is -2.54. The van der Waals surface area contributed by atoms with Gasteiger partial charge in [-0.05, 0) is 19.1 Å². The quantitative estimate of drug-likeness (QED) is 0.685. The van der Waals surface area contributed by atoms with Gasteiger partial charge in [-0.3, -0.25) is 9.59 Å². The molecule has 0 bridgehead atoms. The number of urea groups is 1. The molecule has 0 saturated carbocycles. The number of amides is 3. The van der Waals surface area contributed by atoms with Gasteiger partial charge in [-0.2, -0.15) is 0 Å². The van der Waals surface area contributed by atoms with Gasteiger partial charge in [0.25, 0.3) is 5.91 Å². The van der Waals surface area contributed by atoms with Crippen molar-refractivity contribution in [2.75, 3.05) is 31.1 Å². The van der Waals surface area contributed by atoms with Crippen LogP contribution in [0.2, 0.25) is 0 Å². The molecule has 0 radical (unpaired) electrons. The SMILES string of the molecule is CC(NC(=O)N1CCN(c2ncccc2C(N)=O)CC1)C(=O)O. The number of anilines is 1. The van der Waals surface area contributed by atoms with E-state index in [1.165, 1.54) is 11.8 Å². The molecule has 0 spiro atoms. The minimum atomic E-state index is -1.09. The highest BCUT2D eigenvalue weighted by atomic mass is 16.4. The number of hydrogen-bond donors (Lipinski definition) is 3. The number of hydrogen-bond acceptors (Lipinski definition) is 5. The van der Waals surface area contributed by atoms with Crippen LogP contribution >= 0.6 is 0 Å². The van der Waals surface area contributed by atoms with E-state index < -0.39 is 23.9 Å². The second-order valence-corrected chi connectivity index (χ2v) is 5.22. The van der Waals surface area contributed by atoms with Gasteiger partial charge in [0.2, 0.25) is 0 Å². The number of nitrogens with two attached hydrogens (primary N) is 1. The number of carboxylic acids is 1. The number of carboxylic acid groups (broad SMARTS) is 1.